The second-order valence-electron chi connectivity index (χ2n) is 5.04. The number of hydrogen-bond acceptors (Lipinski definition) is 3. The average Bonchev–Trinajstić information content (AvgIpc) is 2.40. The van der Waals surface area contributed by atoms with Crippen molar-refractivity contribution in [3.05, 3.63) is 29.3 Å². The largest absolute Gasteiger partial charge is 0.496 e. The van der Waals surface area contributed by atoms with E-state index in [1.165, 1.54) is 18.4 Å². The van der Waals surface area contributed by atoms with Crippen molar-refractivity contribution in [3.8, 4) is 5.75 Å². The molecule has 1 atom stereocenters. The number of methoxy groups -OCH3 is 1. The van der Waals surface area contributed by atoms with Gasteiger partial charge in [0.05, 0.1) is 20.3 Å². The first-order chi connectivity index (χ1) is 8.79. The van der Waals surface area contributed by atoms with Gasteiger partial charge in [0.25, 0.3) is 0 Å². The Balaban J connectivity index is 1.83. The second kappa shape index (κ2) is 6.76. The van der Waals surface area contributed by atoms with E-state index in [0.717, 1.165) is 31.0 Å². The van der Waals surface area contributed by atoms with Crippen LogP contribution in [0, 0.1) is 12.8 Å². The molecule has 0 amide bonds. The lowest BCUT2D eigenvalue weighted by Gasteiger charge is -2.22. The first kappa shape index (κ1) is 13.4. The van der Waals surface area contributed by atoms with Crippen LogP contribution in [-0.2, 0) is 11.3 Å². The number of piperidine rings is 1. The molecule has 2 rings (SSSR count). The maximum atomic E-state index is 5.84. The quantitative estimate of drug-likeness (QED) is 0.870. The van der Waals surface area contributed by atoms with Crippen molar-refractivity contribution < 1.29 is 9.47 Å². The minimum atomic E-state index is 0.640. The van der Waals surface area contributed by atoms with Crippen LogP contribution in [0.4, 0.5) is 0 Å². The van der Waals surface area contributed by atoms with Crippen LogP contribution in [0.1, 0.15) is 24.0 Å². The summed E-state index contributed by atoms with van der Waals surface area (Å²) >= 11 is 0. The van der Waals surface area contributed by atoms with Gasteiger partial charge in [0.2, 0.25) is 0 Å². The highest BCUT2D eigenvalue weighted by molar-refractivity contribution is 5.36. The zero-order valence-corrected chi connectivity index (χ0v) is 11.4. The number of aryl methyl sites for hydroxylation is 1. The lowest BCUT2D eigenvalue weighted by Crippen LogP contribution is -2.32. The molecule has 1 aliphatic heterocycles. The Morgan fingerprint density at radius 1 is 1.39 bits per heavy atom. The summed E-state index contributed by atoms with van der Waals surface area (Å²) in [5.41, 5.74) is 2.38. The Hall–Kier alpha value is -1.06. The molecule has 0 bridgehead atoms. The smallest absolute Gasteiger partial charge is 0.124 e. The van der Waals surface area contributed by atoms with E-state index in [2.05, 4.69) is 24.4 Å². The third-order valence-corrected chi connectivity index (χ3v) is 3.45. The number of ether oxygens (including phenoxy) is 2. The summed E-state index contributed by atoms with van der Waals surface area (Å²) in [5, 5.41) is 3.41. The maximum Gasteiger partial charge on any atom is 0.124 e. The SMILES string of the molecule is COc1ccc(C)cc1COCC1CCCNC1. The van der Waals surface area contributed by atoms with Crippen LogP contribution in [0.2, 0.25) is 0 Å². The summed E-state index contributed by atoms with van der Waals surface area (Å²) in [6.07, 6.45) is 2.54. The van der Waals surface area contributed by atoms with Crippen LogP contribution in [-0.4, -0.2) is 26.8 Å². The van der Waals surface area contributed by atoms with Gasteiger partial charge in [-0.15, -0.1) is 0 Å². The van der Waals surface area contributed by atoms with Crippen molar-refractivity contribution >= 4 is 0 Å². The van der Waals surface area contributed by atoms with Crippen LogP contribution in [0.3, 0.4) is 0 Å². The molecule has 0 saturated carbocycles. The van der Waals surface area contributed by atoms with Crippen molar-refractivity contribution in [1.29, 1.82) is 0 Å². The Kier molecular flexibility index (Phi) is 5.02. The number of nitrogens with one attached hydrogen (secondary N) is 1. The maximum absolute atomic E-state index is 5.84. The van der Waals surface area contributed by atoms with Crippen LogP contribution < -0.4 is 10.1 Å². The summed E-state index contributed by atoms with van der Waals surface area (Å²) < 4.78 is 11.2. The van der Waals surface area contributed by atoms with Crippen LogP contribution in [0.25, 0.3) is 0 Å². The van der Waals surface area contributed by atoms with Crippen molar-refractivity contribution in [1.82, 2.24) is 5.32 Å². The Morgan fingerprint density at radius 2 is 2.28 bits per heavy atom. The van der Waals surface area contributed by atoms with E-state index in [4.69, 9.17) is 9.47 Å². The number of rotatable bonds is 5. The van der Waals surface area contributed by atoms with Crippen molar-refractivity contribution in [2.24, 2.45) is 5.92 Å². The topological polar surface area (TPSA) is 30.5 Å². The van der Waals surface area contributed by atoms with Crippen LogP contribution >= 0.6 is 0 Å². The lowest BCUT2D eigenvalue weighted by molar-refractivity contribution is 0.0770. The third kappa shape index (κ3) is 3.72. The van der Waals surface area contributed by atoms with Gasteiger partial charge in [-0.1, -0.05) is 17.7 Å². The molecular formula is C15H23NO2. The first-order valence-electron chi connectivity index (χ1n) is 6.71. The number of benzene rings is 1. The fourth-order valence-electron chi connectivity index (χ4n) is 2.42. The first-order valence-corrected chi connectivity index (χ1v) is 6.71. The minimum absolute atomic E-state index is 0.640. The van der Waals surface area contributed by atoms with E-state index in [-0.39, 0.29) is 0 Å². The Labute approximate surface area is 109 Å². The van der Waals surface area contributed by atoms with Gasteiger partial charge < -0.3 is 14.8 Å². The monoisotopic (exact) mass is 249 g/mol. The van der Waals surface area contributed by atoms with E-state index < -0.39 is 0 Å². The fraction of sp³-hybridized carbons (Fsp3) is 0.600. The Morgan fingerprint density at radius 3 is 3.00 bits per heavy atom. The summed E-state index contributed by atoms with van der Waals surface area (Å²) in [6, 6.07) is 6.21. The predicted molar refractivity (Wildman–Crippen MR) is 73.0 cm³/mol. The minimum Gasteiger partial charge on any atom is -0.496 e. The molecule has 3 heteroatoms. The van der Waals surface area contributed by atoms with Gasteiger partial charge in [-0.3, -0.25) is 0 Å². The lowest BCUT2D eigenvalue weighted by atomic mass is 10.0. The van der Waals surface area contributed by atoms with Crippen molar-refractivity contribution in [2.75, 3.05) is 26.8 Å². The van der Waals surface area contributed by atoms with Crippen LogP contribution in [0.5, 0.6) is 5.75 Å². The molecule has 0 aromatic heterocycles. The van der Waals surface area contributed by atoms with Gasteiger partial charge in [0, 0.05) is 12.1 Å². The van der Waals surface area contributed by atoms with E-state index >= 15 is 0 Å². The molecule has 1 saturated heterocycles. The van der Waals surface area contributed by atoms with Gasteiger partial charge in [0.15, 0.2) is 0 Å². The van der Waals surface area contributed by atoms with Gasteiger partial charge in [-0.05, 0) is 38.3 Å². The van der Waals surface area contributed by atoms with Gasteiger partial charge >= 0.3 is 0 Å². The molecular weight excluding hydrogens is 226 g/mol. The normalized spacial score (nSPS) is 19.8. The highest BCUT2D eigenvalue weighted by Gasteiger charge is 2.13. The molecule has 1 unspecified atom stereocenters. The zero-order chi connectivity index (χ0) is 12.8. The highest BCUT2D eigenvalue weighted by atomic mass is 16.5. The van der Waals surface area contributed by atoms with Crippen molar-refractivity contribution in [3.63, 3.8) is 0 Å². The van der Waals surface area contributed by atoms with E-state index in [1.54, 1.807) is 7.11 Å². The molecule has 1 aromatic rings. The second-order valence-corrected chi connectivity index (χ2v) is 5.04. The van der Waals surface area contributed by atoms with Crippen LogP contribution in [0.15, 0.2) is 18.2 Å². The average molecular weight is 249 g/mol. The van der Waals surface area contributed by atoms with Gasteiger partial charge in [-0.25, -0.2) is 0 Å². The summed E-state index contributed by atoms with van der Waals surface area (Å²) in [6.45, 7) is 5.81. The van der Waals surface area contributed by atoms with Crippen molar-refractivity contribution in [2.45, 2.75) is 26.4 Å². The molecule has 0 radical (unpaired) electrons. The molecule has 0 aliphatic carbocycles. The summed E-state index contributed by atoms with van der Waals surface area (Å²) in [5.74, 6) is 1.58. The zero-order valence-electron chi connectivity index (χ0n) is 11.4. The van der Waals surface area contributed by atoms with E-state index in [1.807, 2.05) is 6.07 Å². The molecule has 1 heterocycles. The van der Waals surface area contributed by atoms with Gasteiger partial charge in [-0.2, -0.15) is 0 Å². The summed E-state index contributed by atoms with van der Waals surface area (Å²) in [7, 11) is 1.71. The molecule has 1 N–H and O–H groups in total. The van der Waals surface area contributed by atoms with E-state index in [0.29, 0.717) is 12.5 Å². The molecule has 100 valence electrons. The Bertz CT molecular complexity index is 373. The molecule has 1 fully saturated rings. The molecule has 1 aliphatic rings. The van der Waals surface area contributed by atoms with E-state index in [9.17, 15) is 0 Å². The fourth-order valence-corrected chi connectivity index (χ4v) is 2.42. The summed E-state index contributed by atoms with van der Waals surface area (Å²) in [4.78, 5) is 0. The predicted octanol–water partition coefficient (Wildman–Crippen LogP) is 2.52. The highest BCUT2D eigenvalue weighted by Crippen LogP contribution is 2.21. The third-order valence-electron chi connectivity index (χ3n) is 3.45. The standard InChI is InChI=1S/C15H23NO2/c1-12-5-6-15(17-2)14(8-12)11-18-10-13-4-3-7-16-9-13/h5-6,8,13,16H,3-4,7,9-11H2,1-2H3. The molecule has 18 heavy (non-hydrogen) atoms. The van der Waals surface area contributed by atoms with Gasteiger partial charge in [0.1, 0.15) is 5.75 Å². The molecule has 3 nitrogen and oxygen atoms in total. The number of hydrogen-bond donors (Lipinski definition) is 1. The molecule has 1 aromatic carbocycles. The molecule has 0 spiro atoms.